The standard InChI is InChI=1S/C18H27N3O3S/c1-12(2)20-17(23)15-11-13-14(25-15)4-10-24-18(13)5-8-21(9-6-18)16(22)3-7-19/h11-12H,3-10,19H2,1-2H3,(H,20,23). The van der Waals surface area contributed by atoms with Crippen molar-refractivity contribution in [1.82, 2.24) is 10.2 Å². The van der Waals surface area contributed by atoms with Gasteiger partial charge in [-0.15, -0.1) is 11.3 Å². The van der Waals surface area contributed by atoms with Gasteiger partial charge in [-0.05, 0) is 38.3 Å². The molecule has 2 aliphatic rings. The van der Waals surface area contributed by atoms with Gasteiger partial charge in [0.2, 0.25) is 5.91 Å². The summed E-state index contributed by atoms with van der Waals surface area (Å²) in [7, 11) is 0. The number of hydrogen-bond donors (Lipinski definition) is 2. The number of nitrogens with one attached hydrogen (secondary N) is 1. The van der Waals surface area contributed by atoms with Gasteiger partial charge >= 0.3 is 0 Å². The number of thiophene rings is 1. The summed E-state index contributed by atoms with van der Waals surface area (Å²) in [5.41, 5.74) is 6.30. The molecule has 7 heteroatoms. The second kappa shape index (κ2) is 7.43. The third-order valence-corrected chi connectivity index (χ3v) is 6.13. The summed E-state index contributed by atoms with van der Waals surface area (Å²) in [5.74, 6) is 0.107. The number of likely N-dealkylation sites (tertiary alicyclic amines) is 1. The van der Waals surface area contributed by atoms with Crippen LogP contribution in [0.15, 0.2) is 6.07 Å². The Kier molecular flexibility index (Phi) is 5.46. The van der Waals surface area contributed by atoms with Gasteiger partial charge in [0.05, 0.1) is 17.1 Å². The Morgan fingerprint density at radius 2 is 2.12 bits per heavy atom. The Hall–Kier alpha value is -1.44. The van der Waals surface area contributed by atoms with Crippen LogP contribution in [0.5, 0.6) is 0 Å². The fourth-order valence-electron chi connectivity index (χ4n) is 3.67. The van der Waals surface area contributed by atoms with Crippen LogP contribution in [0.2, 0.25) is 0 Å². The quantitative estimate of drug-likeness (QED) is 0.849. The molecular formula is C18H27N3O3S. The van der Waals surface area contributed by atoms with Gasteiger partial charge in [-0.25, -0.2) is 0 Å². The molecule has 3 heterocycles. The molecule has 2 amide bonds. The monoisotopic (exact) mass is 365 g/mol. The van der Waals surface area contributed by atoms with Crippen LogP contribution in [-0.4, -0.2) is 49.0 Å². The summed E-state index contributed by atoms with van der Waals surface area (Å²) in [6, 6.07) is 2.13. The lowest BCUT2D eigenvalue weighted by Crippen LogP contribution is -2.48. The largest absolute Gasteiger partial charge is 0.370 e. The summed E-state index contributed by atoms with van der Waals surface area (Å²) in [4.78, 5) is 28.3. The van der Waals surface area contributed by atoms with E-state index in [1.807, 2.05) is 24.8 Å². The van der Waals surface area contributed by atoms with Crippen molar-refractivity contribution in [2.45, 2.75) is 51.2 Å². The highest BCUT2D eigenvalue weighted by Crippen LogP contribution is 2.44. The van der Waals surface area contributed by atoms with Crippen molar-refractivity contribution >= 4 is 23.2 Å². The Balaban J connectivity index is 1.77. The zero-order valence-corrected chi connectivity index (χ0v) is 15.8. The molecule has 1 spiro atoms. The second-order valence-electron chi connectivity index (χ2n) is 7.09. The van der Waals surface area contributed by atoms with Crippen LogP contribution in [-0.2, 0) is 21.6 Å². The molecule has 1 fully saturated rings. The molecule has 0 radical (unpaired) electrons. The number of hydrogen-bond acceptors (Lipinski definition) is 5. The number of rotatable bonds is 4. The minimum atomic E-state index is -0.347. The molecule has 25 heavy (non-hydrogen) atoms. The Labute approximate surface area is 152 Å². The maximum Gasteiger partial charge on any atom is 0.261 e. The first-order chi connectivity index (χ1) is 11.9. The van der Waals surface area contributed by atoms with Gasteiger partial charge in [0, 0.05) is 43.4 Å². The van der Waals surface area contributed by atoms with Crippen molar-refractivity contribution in [3.8, 4) is 0 Å². The maximum atomic E-state index is 12.4. The van der Waals surface area contributed by atoms with Crippen molar-refractivity contribution in [1.29, 1.82) is 0 Å². The third kappa shape index (κ3) is 3.73. The van der Waals surface area contributed by atoms with Crippen molar-refractivity contribution in [2.24, 2.45) is 5.73 Å². The first-order valence-corrected chi connectivity index (χ1v) is 9.83. The number of nitrogens with zero attached hydrogens (tertiary/aromatic N) is 1. The Bertz CT molecular complexity index is 648. The van der Waals surface area contributed by atoms with E-state index in [2.05, 4.69) is 5.32 Å². The van der Waals surface area contributed by atoms with Crippen molar-refractivity contribution < 1.29 is 14.3 Å². The molecule has 138 valence electrons. The molecule has 0 aliphatic carbocycles. The number of carbonyl (C=O) groups is 2. The molecule has 1 aromatic rings. The van der Waals surface area contributed by atoms with Crippen molar-refractivity contribution in [3.05, 3.63) is 21.4 Å². The summed E-state index contributed by atoms with van der Waals surface area (Å²) >= 11 is 1.58. The molecule has 0 unspecified atom stereocenters. The molecule has 0 saturated carbocycles. The van der Waals surface area contributed by atoms with Crippen molar-refractivity contribution in [2.75, 3.05) is 26.2 Å². The van der Waals surface area contributed by atoms with Crippen LogP contribution >= 0.6 is 11.3 Å². The maximum absolute atomic E-state index is 12.4. The third-order valence-electron chi connectivity index (χ3n) is 4.93. The van der Waals surface area contributed by atoms with Gasteiger partial charge in [0.15, 0.2) is 0 Å². The molecule has 3 N–H and O–H groups in total. The van der Waals surface area contributed by atoms with E-state index in [0.717, 1.165) is 29.7 Å². The normalized spacial score (nSPS) is 19.1. The topological polar surface area (TPSA) is 84.7 Å². The number of amides is 2. The molecule has 0 bridgehead atoms. The Morgan fingerprint density at radius 1 is 1.40 bits per heavy atom. The lowest BCUT2D eigenvalue weighted by atomic mass is 9.82. The fourth-order valence-corrected chi connectivity index (χ4v) is 4.81. The van der Waals surface area contributed by atoms with Gasteiger partial charge in [-0.2, -0.15) is 0 Å². The average molecular weight is 365 g/mol. The number of carbonyl (C=O) groups excluding carboxylic acids is 2. The zero-order valence-electron chi connectivity index (χ0n) is 15.0. The summed E-state index contributed by atoms with van der Waals surface area (Å²) in [5, 5.41) is 2.96. The van der Waals surface area contributed by atoms with E-state index in [0.29, 0.717) is 32.7 Å². The highest BCUT2D eigenvalue weighted by Gasteiger charge is 2.43. The van der Waals surface area contributed by atoms with Crippen LogP contribution in [0.3, 0.4) is 0 Å². The number of piperidine rings is 1. The summed E-state index contributed by atoms with van der Waals surface area (Å²) in [6.45, 7) is 6.35. The average Bonchev–Trinajstić information content (AvgIpc) is 3.01. The van der Waals surface area contributed by atoms with E-state index in [1.54, 1.807) is 11.3 Å². The molecule has 6 nitrogen and oxygen atoms in total. The van der Waals surface area contributed by atoms with E-state index in [-0.39, 0.29) is 23.5 Å². The van der Waals surface area contributed by atoms with E-state index in [9.17, 15) is 9.59 Å². The smallest absolute Gasteiger partial charge is 0.261 e. The molecule has 0 aromatic carbocycles. The molecule has 2 aliphatic heterocycles. The molecular weight excluding hydrogens is 338 g/mol. The van der Waals surface area contributed by atoms with Gasteiger partial charge in [-0.3, -0.25) is 9.59 Å². The Morgan fingerprint density at radius 3 is 2.76 bits per heavy atom. The lowest BCUT2D eigenvalue weighted by Gasteiger charge is -2.44. The van der Waals surface area contributed by atoms with Crippen LogP contribution in [0, 0.1) is 0 Å². The first kappa shape index (κ1) is 18.4. The highest BCUT2D eigenvalue weighted by atomic mass is 32.1. The summed E-state index contributed by atoms with van der Waals surface area (Å²) < 4.78 is 6.21. The van der Waals surface area contributed by atoms with Crippen molar-refractivity contribution in [3.63, 3.8) is 0 Å². The SMILES string of the molecule is CC(C)NC(=O)c1cc2c(s1)CCOC21CCN(C(=O)CCN)CC1. The van der Waals surface area contributed by atoms with E-state index >= 15 is 0 Å². The lowest BCUT2D eigenvalue weighted by molar-refractivity contribution is -0.140. The van der Waals surface area contributed by atoms with Gasteiger partial charge in [-0.1, -0.05) is 0 Å². The first-order valence-electron chi connectivity index (χ1n) is 9.01. The number of fused-ring (bicyclic) bond motifs is 2. The van der Waals surface area contributed by atoms with E-state index in [1.165, 1.54) is 4.88 Å². The van der Waals surface area contributed by atoms with Crippen LogP contribution in [0.25, 0.3) is 0 Å². The van der Waals surface area contributed by atoms with E-state index < -0.39 is 0 Å². The van der Waals surface area contributed by atoms with E-state index in [4.69, 9.17) is 10.5 Å². The summed E-state index contributed by atoms with van der Waals surface area (Å²) in [6.07, 6.45) is 2.81. The van der Waals surface area contributed by atoms with Gasteiger partial charge in [0.25, 0.3) is 5.91 Å². The predicted molar refractivity (Wildman–Crippen MR) is 97.7 cm³/mol. The van der Waals surface area contributed by atoms with Crippen LogP contribution in [0.1, 0.15) is 53.2 Å². The predicted octanol–water partition coefficient (Wildman–Crippen LogP) is 1.63. The number of ether oxygens (including phenoxy) is 1. The van der Waals surface area contributed by atoms with Gasteiger partial charge < -0.3 is 20.7 Å². The van der Waals surface area contributed by atoms with Crippen LogP contribution in [0.4, 0.5) is 0 Å². The molecule has 1 aromatic heterocycles. The van der Waals surface area contributed by atoms with Gasteiger partial charge in [0.1, 0.15) is 0 Å². The van der Waals surface area contributed by atoms with Crippen LogP contribution < -0.4 is 11.1 Å². The minimum Gasteiger partial charge on any atom is -0.370 e. The highest BCUT2D eigenvalue weighted by molar-refractivity contribution is 7.14. The second-order valence-corrected chi connectivity index (χ2v) is 8.22. The fraction of sp³-hybridized carbons (Fsp3) is 0.667. The zero-order chi connectivity index (χ0) is 18.0. The molecule has 1 saturated heterocycles. The number of nitrogens with two attached hydrogens (primary N) is 1. The molecule has 3 rings (SSSR count). The minimum absolute atomic E-state index is 0.0138. The molecule has 0 atom stereocenters.